The molecule has 1 heterocycles. The van der Waals surface area contributed by atoms with Gasteiger partial charge in [-0.3, -0.25) is 4.99 Å². The lowest BCUT2D eigenvalue weighted by Gasteiger charge is -2.18. The lowest BCUT2D eigenvalue weighted by Crippen LogP contribution is -2.18. The number of nitrogens with one attached hydrogen (secondary N) is 1. The standard InChI is InChI=1S/C14H20N2S/c1-10(2)12-5-4-6-13(9-12)16-14-15-11(3)7-8-17-14/h4-6,9-11H,7-8H2,1-3H3,(H,15,16). The molecule has 0 spiro atoms. The molecule has 1 atom stereocenters. The minimum atomic E-state index is 0.451. The van der Waals surface area contributed by atoms with Crippen molar-refractivity contribution in [2.24, 2.45) is 4.99 Å². The van der Waals surface area contributed by atoms with Gasteiger partial charge in [0.05, 0.1) is 6.04 Å². The third-order valence-corrected chi connectivity index (χ3v) is 3.84. The van der Waals surface area contributed by atoms with Gasteiger partial charge in [-0.25, -0.2) is 0 Å². The summed E-state index contributed by atoms with van der Waals surface area (Å²) in [6.45, 7) is 6.61. The van der Waals surface area contributed by atoms with Gasteiger partial charge in [0.15, 0.2) is 5.17 Å². The second-order valence-electron chi connectivity index (χ2n) is 4.83. The molecule has 0 aliphatic carbocycles. The van der Waals surface area contributed by atoms with Crippen LogP contribution in [-0.2, 0) is 0 Å². The zero-order valence-electron chi connectivity index (χ0n) is 10.7. The van der Waals surface area contributed by atoms with Gasteiger partial charge in [0, 0.05) is 11.4 Å². The Labute approximate surface area is 108 Å². The first-order chi connectivity index (χ1) is 8.15. The van der Waals surface area contributed by atoms with Crippen molar-refractivity contribution >= 4 is 22.6 Å². The fraction of sp³-hybridized carbons (Fsp3) is 0.500. The molecule has 2 nitrogen and oxygen atoms in total. The first-order valence-electron chi connectivity index (χ1n) is 6.22. The molecule has 0 aromatic heterocycles. The fourth-order valence-corrected chi connectivity index (χ4v) is 2.89. The molecule has 1 aromatic carbocycles. The van der Waals surface area contributed by atoms with E-state index in [1.165, 1.54) is 12.0 Å². The molecule has 0 radical (unpaired) electrons. The molecule has 3 heteroatoms. The third-order valence-electron chi connectivity index (χ3n) is 2.92. The second kappa shape index (κ2) is 5.58. The number of amidine groups is 1. The van der Waals surface area contributed by atoms with Crippen molar-refractivity contribution in [2.45, 2.75) is 39.2 Å². The van der Waals surface area contributed by atoms with Crippen LogP contribution in [0.3, 0.4) is 0 Å². The summed E-state index contributed by atoms with van der Waals surface area (Å²) in [6.07, 6.45) is 1.18. The monoisotopic (exact) mass is 248 g/mol. The average molecular weight is 248 g/mol. The summed E-state index contributed by atoms with van der Waals surface area (Å²) in [7, 11) is 0. The van der Waals surface area contributed by atoms with E-state index in [2.05, 4.69) is 55.3 Å². The summed E-state index contributed by atoms with van der Waals surface area (Å²) in [5, 5.41) is 4.48. The molecule has 92 valence electrons. The van der Waals surface area contributed by atoms with Crippen LogP contribution in [0.2, 0.25) is 0 Å². The van der Waals surface area contributed by atoms with Crippen molar-refractivity contribution in [1.82, 2.24) is 0 Å². The lowest BCUT2D eigenvalue weighted by molar-refractivity contribution is 0.720. The van der Waals surface area contributed by atoms with E-state index in [-0.39, 0.29) is 0 Å². The van der Waals surface area contributed by atoms with Gasteiger partial charge >= 0.3 is 0 Å². The molecular weight excluding hydrogens is 228 g/mol. The van der Waals surface area contributed by atoms with E-state index >= 15 is 0 Å². The number of benzene rings is 1. The lowest BCUT2D eigenvalue weighted by atomic mass is 10.0. The van der Waals surface area contributed by atoms with Crippen molar-refractivity contribution in [3.05, 3.63) is 29.8 Å². The Morgan fingerprint density at radius 2 is 2.24 bits per heavy atom. The van der Waals surface area contributed by atoms with E-state index in [0.29, 0.717) is 12.0 Å². The predicted octanol–water partition coefficient (Wildman–Crippen LogP) is 4.10. The smallest absolute Gasteiger partial charge is 0.161 e. The van der Waals surface area contributed by atoms with E-state index in [1.54, 1.807) is 0 Å². The van der Waals surface area contributed by atoms with Crippen LogP contribution in [0.1, 0.15) is 38.7 Å². The van der Waals surface area contributed by atoms with Crippen LogP contribution < -0.4 is 5.32 Å². The Morgan fingerprint density at radius 1 is 1.41 bits per heavy atom. The minimum absolute atomic E-state index is 0.451. The summed E-state index contributed by atoms with van der Waals surface area (Å²) >= 11 is 1.81. The number of aliphatic imine (C=N–C) groups is 1. The van der Waals surface area contributed by atoms with Crippen molar-refractivity contribution in [3.63, 3.8) is 0 Å². The highest BCUT2D eigenvalue weighted by molar-refractivity contribution is 8.14. The van der Waals surface area contributed by atoms with Crippen LogP contribution in [0, 0.1) is 0 Å². The van der Waals surface area contributed by atoms with E-state index < -0.39 is 0 Å². The van der Waals surface area contributed by atoms with Gasteiger partial charge in [0.25, 0.3) is 0 Å². The summed E-state index contributed by atoms with van der Waals surface area (Å²) < 4.78 is 0. The molecule has 0 saturated carbocycles. The highest BCUT2D eigenvalue weighted by atomic mass is 32.2. The van der Waals surface area contributed by atoms with E-state index in [1.807, 2.05) is 11.8 Å². The molecule has 1 aromatic rings. The maximum Gasteiger partial charge on any atom is 0.161 e. The first-order valence-corrected chi connectivity index (χ1v) is 7.21. The van der Waals surface area contributed by atoms with E-state index in [4.69, 9.17) is 0 Å². The SMILES string of the molecule is CC1CCSC(Nc2cccc(C(C)C)c2)=N1. The molecule has 0 fully saturated rings. The zero-order chi connectivity index (χ0) is 12.3. The Morgan fingerprint density at radius 3 is 2.94 bits per heavy atom. The van der Waals surface area contributed by atoms with Crippen molar-refractivity contribution in [2.75, 3.05) is 11.1 Å². The Bertz CT molecular complexity index is 412. The maximum absolute atomic E-state index is 4.62. The normalized spacial score (nSPS) is 20.2. The topological polar surface area (TPSA) is 24.4 Å². The Hall–Kier alpha value is -0.960. The van der Waals surface area contributed by atoms with Gasteiger partial charge in [-0.05, 0) is 37.0 Å². The second-order valence-corrected chi connectivity index (χ2v) is 5.91. The molecule has 0 amide bonds. The predicted molar refractivity (Wildman–Crippen MR) is 78.1 cm³/mol. The van der Waals surface area contributed by atoms with Gasteiger partial charge < -0.3 is 5.32 Å². The highest BCUT2D eigenvalue weighted by Gasteiger charge is 2.11. The Balaban J connectivity index is 2.10. The summed E-state index contributed by atoms with van der Waals surface area (Å²) in [4.78, 5) is 4.62. The Kier molecular flexibility index (Phi) is 4.11. The third kappa shape index (κ3) is 3.50. The quantitative estimate of drug-likeness (QED) is 0.852. The summed E-state index contributed by atoms with van der Waals surface area (Å²) in [6, 6.07) is 9.05. The van der Waals surface area contributed by atoms with Crippen LogP contribution in [0.15, 0.2) is 29.3 Å². The first kappa shape index (κ1) is 12.5. The number of nitrogens with zero attached hydrogens (tertiary/aromatic N) is 1. The largest absolute Gasteiger partial charge is 0.335 e. The number of hydrogen-bond donors (Lipinski definition) is 1. The van der Waals surface area contributed by atoms with Crippen LogP contribution in [0.25, 0.3) is 0 Å². The van der Waals surface area contributed by atoms with Crippen molar-refractivity contribution < 1.29 is 0 Å². The van der Waals surface area contributed by atoms with E-state index in [0.717, 1.165) is 16.6 Å². The maximum atomic E-state index is 4.62. The number of rotatable bonds is 2. The van der Waals surface area contributed by atoms with Crippen molar-refractivity contribution in [1.29, 1.82) is 0 Å². The van der Waals surface area contributed by atoms with Crippen molar-refractivity contribution in [3.8, 4) is 0 Å². The summed E-state index contributed by atoms with van der Waals surface area (Å²) in [5.74, 6) is 1.73. The average Bonchev–Trinajstić information content (AvgIpc) is 2.29. The molecule has 0 bridgehead atoms. The van der Waals surface area contributed by atoms with Gasteiger partial charge in [0.2, 0.25) is 0 Å². The van der Waals surface area contributed by atoms with Crippen LogP contribution in [0.4, 0.5) is 5.69 Å². The molecule has 0 saturated heterocycles. The van der Waals surface area contributed by atoms with Crippen LogP contribution in [0.5, 0.6) is 0 Å². The molecule has 2 rings (SSSR count). The highest BCUT2D eigenvalue weighted by Crippen LogP contribution is 2.22. The zero-order valence-corrected chi connectivity index (χ0v) is 11.6. The van der Waals surface area contributed by atoms with Crippen LogP contribution in [-0.4, -0.2) is 17.0 Å². The minimum Gasteiger partial charge on any atom is -0.335 e. The van der Waals surface area contributed by atoms with Crippen LogP contribution >= 0.6 is 11.8 Å². The molecule has 1 unspecified atom stereocenters. The van der Waals surface area contributed by atoms with Gasteiger partial charge in [-0.15, -0.1) is 0 Å². The van der Waals surface area contributed by atoms with Gasteiger partial charge in [-0.2, -0.15) is 0 Å². The number of anilines is 1. The number of hydrogen-bond acceptors (Lipinski definition) is 3. The summed E-state index contributed by atoms with van der Waals surface area (Å²) in [5.41, 5.74) is 2.51. The molecule has 1 aliphatic rings. The molecule has 1 aliphatic heterocycles. The fourth-order valence-electron chi connectivity index (χ4n) is 1.80. The van der Waals surface area contributed by atoms with Gasteiger partial charge in [-0.1, -0.05) is 37.7 Å². The molecular formula is C14H20N2S. The van der Waals surface area contributed by atoms with Gasteiger partial charge in [0.1, 0.15) is 0 Å². The molecule has 17 heavy (non-hydrogen) atoms. The van der Waals surface area contributed by atoms with E-state index in [9.17, 15) is 0 Å². The number of thioether (sulfide) groups is 1. The molecule has 1 N–H and O–H groups in total.